The molecule has 3 heterocycles. The van der Waals surface area contributed by atoms with Gasteiger partial charge in [-0.3, -0.25) is 0 Å². The molecule has 0 aliphatic carbocycles. The monoisotopic (exact) mass is 343 g/mol. The Hall–Kier alpha value is -2.22. The second-order valence-electron chi connectivity index (χ2n) is 5.63. The van der Waals surface area contributed by atoms with Gasteiger partial charge in [-0.05, 0) is 19.7 Å². The highest BCUT2D eigenvalue weighted by atomic mass is 32.1. The molecule has 1 aliphatic rings. The molecule has 8 nitrogen and oxygen atoms in total. The number of thiazole rings is 1. The second kappa shape index (κ2) is 7.57. The summed E-state index contributed by atoms with van der Waals surface area (Å²) in [4.78, 5) is 15.5. The van der Waals surface area contributed by atoms with E-state index in [0.717, 1.165) is 31.7 Å². The van der Waals surface area contributed by atoms with Gasteiger partial charge in [0.25, 0.3) is 0 Å². The predicted molar refractivity (Wildman–Crippen MR) is 94.4 cm³/mol. The molecule has 124 valence electrons. The number of hydrogen-bond acceptors (Lipinski definition) is 9. The van der Waals surface area contributed by atoms with Crippen LogP contribution in [0.4, 0.5) is 16.8 Å². The van der Waals surface area contributed by atoms with Gasteiger partial charge in [0.05, 0.1) is 6.20 Å². The summed E-state index contributed by atoms with van der Waals surface area (Å²) in [5, 5.41) is 25.1. The Morgan fingerprint density at radius 2 is 2.17 bits per heavy atom. The molecule has 1 fully saturated rings. The zero-order valence-corrected chi connectivity index (χ0v) is 14.1. The predicted octanol–water partition coefficient (Wildman–Crippen LogP) is 1.22. The van der Waals surface area contributed by atoms with Crippen molar-refractivity contribution in [1.29, 1.82) is 5.26 Å². The van der Waals surface area contributed by atoms with Crippen LogP contribution in [0.15, 0.2) is 18.6 Å². The summed E-state index contributed by atoms with van der Waals surface area (Å²) in [6.07, 6.45) is 4.97. The molecule has 3 N–H and O–H groups in total. The Kier molecular flexibility index (Phi) is 5.25. The van der Waals surface area contributed by atoms with Crippen LogP contribution in [0, 0.1) is 11.3 Å². The number of anilines is 3. The van der Waals surface area contributed by atoms with Crippen LogP contribution in [0.1, 0.15) is 17.7 Å². The molecule has 1 saturated heterocycles. The normalized spacial score (nSPS) is 15.1. The Bertz CT molecular complexity index is 724. The minimum Gasteiger partial charge on any atom is -0.437 e. The van der Waals surface area contributed by atoms with E-state index in [2.05, 4.69) is 36.5 Å². The molecule has 1 aliphatic heterocycles. The Balaban J connectivity index is 1.62. The topological polar surface area (TPSA) is 110 Å². The van der Waals surface area contributed by atoms with Gasteiger partial charge in [-0.15, -0.1) is 0 Å². The molecule has 0 spiro atoms. The first kappa shape index (κ1) is 16.6. The maximum Gasteiger partial charge on any atom is 0.373 e. The summed E-state index contributed by atoms with van der Waals surface area (Å²) in [5.74, 6) is 1.52. The summed E-state index contributed by atoms with van der Waals surface area (Å²) in [7, 11) is -0.479. The third kappa shape index (κ3) is 4.20. The molecule has 0 saturated carbocycles. The van der Waals surface area contributed by atoms with E-state index in [1.54, 1.807) is 6.82 Å². The molecule has 0 amide bonds. The summed E-state index contributed by atoms with van der Waals surface area (Å²) in [5.41, 5.74) is 0. The average Bonchev–Trinajstić information content (AvgIpc) is 3.03. The number of nitrogens with zero attached hydrogens (tertiary/aromatic N) is 5. The van der Waals surface area contributed by atoms with Crippen molar-refractivity contribution in [3.8, 4) is 6.07 Å². The smallest absolute Gasteiger partial charge is 0.373 e. The summed E-state index contributed by atoms with van der Waals surface area (Å²) >= 11 is 1.29. The molecule has 0 aromatic carbocycles. The van der Waals surface area contributed by atoms with Gasteiger partial charge in [0.15, 0.2) is 5.13 Å². The van der Waals surface area contributed by atoms with Crippen molar-refractivity contribution in [2.75, 3.05) is 23.3 Å². The lowest BCUT2D eigenvalue weighted by Gasteiger charge is -2.33. The maximum atomic E-state index is 9.41. The van der Waals surface area contributed by atoms with Crippen LogP contribution in [-0.2, 0) is 0 Å². The molecule has 0 atom stereocenters. The van der Waals surface area contributed by atoms with Crippen LogP contribution >= 0.6 is 11.3 Å². The van der Waals surface area contributed by atoms with E-state index in [1.165, 1.54) is 23.9 Å². The SMILES string of the molecule is CB(O)NC1CCN(c2cc(Nc3ncc(C#N)s3)ncn2)CC1. The first-order valence-electron chi connectivity index (χ1n) is 7.78. The standard InChI is InChI=1S/C14H18BN7OS/c1-15(23)21-10-2-4-22(5-3-10)13-6-12(18-9-19-13)20-14-17-8-11(7-16)24-14/h6,8-10,21,23H,2-5H2,1H3,(H,17,18,19,20). The van der Waals surface area contributed by atoms with Crippen LogP contribution in [0.2, 0.25) is 6.82 Å². The van der Waals surface area contributed by atoms with Crippen molar-refractivity contribution in [2.24, 2.45) is 0 Å². The summed E-state index contributed by atoms with van der Waals surface area (Å²) < 4.78 is 0. The van der Waals surface area contributed by atoms with Gasteiger partial charge in [-0.25, -0.2) is 15.0 Å². The van der Waals surface area contributed by atoms with Crippen LogP contribution < -0.4 is 15.4 Å². The third-order valence-electron chi connectivity index (χ3n) is 3.80. The lowest BCUT2D eigenvalue weighted by Crippen LogP contribution is -2.47. The Labute approximate surface area is 144 Å². The Morgan fingerprint density at radius 1 is 1.38 bits per heavy atom. The van der Waals surface area contributed by atoms with Gasteiger partial charge in [-0.1, -0.05) is 11.3 Å². The number of piperidine rings is 1. The van der Waals surface area contributed by atoms with Crippen molar-refractivity contribution in [3.63, 3.8) is 0 Å². The molecular weight excluding hydrogens is 325 g/mol. The highest BCUT2D eigenvalue weighted by Gasteiger charge is 2.22. The number of nitriles is 1. The van der Waals surface area contributed by atoms with Crippen LogP contribution in [0.25, 0.3) is 0 Å². The first-order chi connectivity index (χ1) is 11.6. The van der Waals surface area contributed by atoms with Gasteiger partial charge in [-0.2, -0.15) is 5.26 Å². The minimum atomic E-state index is -0.479. The van der Waals surface area contributed by atoms with Gasteiger partial charge in [0.1, 0.15) is 28.9 Å². The molecule has 10 heteroatoms. The summed E-state index contributed by atoms with van der Waals surface area (Å²) in [6, 6.07) is 4.28. The first-order valence-corrected chi connectivity index (χ1v) is 8.60. The van der Waals surface area contributed by atoms with Gasteiger partial charge in [0.2, 0.25) is 0 Å². The van der Waals surface area contributed by atoms with E-state index in [-0.39, 0.29) is 0 Å². The van der Waals surface area contributed by atoms with Gasteiger partial charge < -0.3 is 20.5 Å². The highest BCUT2D eigenvalue weighted by Crippen LogP contribution is 2.24. The average molecular weight is 343 g/mol. The molecule has 0 unspecified atom stereocenters. The molecule has 2 aromatic rings. The van der Waals surface area contributed by atoms with Crippen LogP contribution in [0.3, 0.4) is 0 Å². The van der Waals surface area contributed by atoms with Crippen LogP contribution in [0.5, 0.6) is 0 Å². The lowest BCUT2D eigenvalue weighted by molar-refractivity contribution is 0.440. The molecule has 24 heavy (non-hydrogen) atoms. The Morgan fingerprint density at radius 3 is 2.83 bits per heavy atom. The van der Waals surface area contributed by atoms with Crippen LogP contribution in [-0.4, -0.2) is 46.2 Å². The zero-order chi connectivity index (χ0) is 16.9. The third-order valence-corrected chi connectivity index (χ3v) is 4.62. The molecule has 0 bridgehead atoms. The quantitative estimate of drug-likeness (QED) is 0.695. The number of aromatic nitrogens is 3. The van der Waals surface area contributed by atoms with E-state index in [9.17, 15) is 5.02 Å². The van der Waals surface area contributed by atoms with E-state index in [4.69, 9.17) is 5.26 Å². The molecule has 3 rings (SSSR count). The largest absolute Gasteiger partial charge is 0.437 e. The van der Waals surface area contributed by atoms with Gasteiger partial charge >= 0.3 is 7.05 Å². The molecule has 2 aromatic heterocycles. The van der Waals surface area contributed by atoms with E-state index < -0.39 is 7.05 Å². The number of hydrogen-bond donors (Lipinski definition) is 3. The molecule has 0 radical (unpaired) electrons. The fraction of sp³-hybridized carbons (Fsp3) is 0.429. The number of nitrogens with one attached hydrogen (secondary N) is 2. The second-order valence-corrected chi connectivity index (χ2v) is 6.66. The van der Waals surface area contributed by atoms with Gasteiger partial charge in [0, 0.05) is 25.2 Å². The highest BCUT2D eigenvalue weighted by molar-refractivity contribution is 7.16. The fourth-order valence-corrected chi connectivity index (χ4v) is 3.32. The van der Waals surface area contributed by atoms with Crippen molar-refractivity contribution >= 4 is 35.2 Å². The number of rotatable bonds is 5. The fourth-order valence-electron chi connectivity index (χ4n) is 2.70. The zero-order valence-electron chi connectivity index (χ0n) is 13.3. The van der Waals surface area contributed by atoms with Crippen molar-refractivity contribution in [2.45, 2.75) is 25.7 Å². The van der Waals surface area contributed by atoms with Crippen molar-refractivity contribution in [1.82, 2.24) is 20.2 Å². The van der Waals surface area contributed by atoms with E-state index in [0.29, 0.717) is 21.9 Å². The maximum absolute atomic E-state index is 9.41. The van der Waals surface area contributed by atoms with Crippen molar-refractivity contribution in [3.05, 3.63) is 23.5 Å². The lowest BCUT2D eigenvalue weighted by atomic mass is 9.85. The summed E-state index contributed by atoms with van der Waals surface area (Å²) in [6.45, 7) is 3.48. The molecular formula is C14H18BN7OS. The van der Waals surface area contributed by atoms with Crippen molar-refractivity contribution < 1.29 is 5.02 Å². The van der Waals surface area contributed by atoms with E-state index >= 15 is 0 Å². The van der Waals surface area contributed by atoms with E-state index in [1.807, 2.05) is 6.07 Å². The minimum absolute atomic E-state index is 0.334.